The highest BCUT2D eigenvalue weighted by Crippen LogP contribution is 2.26. The number of hydrogen-bond donors (Lipinski definition) is 1. The van der Waals surface area contributed by atoms with E-state index in [9.17, 15) is 22.4 Å². The molecule has 1 N–H and O–H groups in total. The number of aryl methyl sites for hydroxylation is 1. The molecule has 8 nitrogen and oxygen atoms in total. The zero-order valence-corrected chi connectivity index (χ0v) is 26.5. The Morgan fingerprint density at radius 1 is 0.889 bits per heavy atom. The molecule has 45 heavy (non-hydrogen) atoms. The highest BCUT2D eigenvalue weighted by Gasteiger charge is 2.34. The van der Waals surface area contributed by atoms with Crippen LogP contribution in [0.4, 0.5) is 10.1 Å². The molecule has 0 aromatic heterocycles. The summed E-state index contributed by atoms with van der Waals surface area (Å²) < 4.78 is 48.1. The zero-order valence-electron chi connectivity index (χ0n) is 25.6. The highest BCUT2D eigenvalue weighted by atomic mass is 32.2. The molecule has 0 aliphatic heterocycles. The monoisotopic (exact) mass is 631 g/mol. The normalized spacial score (nSPS) is 11.8. The minimum Gasteiger partial charge on any atom is -0.497 e. The average molecular weight is 632 g/mol. The van der Waals surface area contributed by atoms with E-state index in [-0.39, 0.29) is 29.5 Å². The molecule has 0 saturated heterocycles. The van der Waals surface area contributed by atoms with Crippen molar-refractivity contribution < 1.29 is 27.1 Å². The molecule has 0 fully saturated rings. The number of nitrogens with zero attached hydrogens (tertiary/aromatic N) is 2. The van der Waals surface area contributed by atoms with Gasteiger partial charge in [0.2, 0.25) is 11.8 Å². The van der Waals surface area contributed by atoms with E-state index in [2.05, 4.69) is 5.32 Å². The van der Waals surface area contributed by atoms with Crippen molar-refractivity contribution in [3.63, 3.8) is 0 Å². The largest absolute Gasteiger partial charge is 0.497 e. The molecule has 4 rings (SSSR count). The van der Waals surface area contributed by atoms with Crippen LogP contribution in [-0.2, 0) is 32.6 Å². The van der Waals surface area contributed by atoms with E-state index in [4.69, 9.17) is 4.74 Å². The van der Waals surface area contributed by atoms with Crippen LogP contribution in [0.3, 0.4) is 0 Å². The van der Waals surface area contributed by atoms with Gasteiger partial charge < -0.3 is 15.0 Å². The summed E-state index contributed by atoms with van der Waals surface area (Å²) in [5, 5.41) is 2.92. The van der Waals surface area contributed by atoms with Crippen LogP contribution in [0.2, 0.25) is 0 Å². The Hall–Kier alpha value is -4.70. The van der Waals surface area contributed by atoms with Crippen molar-refractivity contribution in [1.29, 1.82) is 0 Å². The fourth-order valence-corrected chi connectivity index (χ4v) is 6.28. The standard InChI is InChI=1S/C35H38FN3O5S/c1-4-21-37-35(41)33(23-27-9-6-5-7-10-27)38(24-28-11-8-12-31(22-28)44-3)34(40)25-39(30-17-13-26(2)14-18-30)45(42,43)32-19-15-29(36)16-20-32/h5-20,22,33H,4,21,23-25H2,1-3H3,(H,37,41)/t33-/m0/s1. The molecule has 0 bridgehead atoms. The fourth-order valence-electron chi connectivity index (χ4n) is 4.86. The number of benzene rings is 4. The molecule has 0 saturated carbocycles. The Bertz CT molecular complexity index is 1680. The van der Waals surface area contributed by atoms with Gasteiger partial charge in [0.15, 0.2) is 0 Å². The molecule has 4 aromatic rings. The van der Waals surface area contributed by atoms with Crippen LogP contribution in [-0.4, -0.2) is 51.4 Å². The summed E-state index contributed by atoms with van der Waals surface area (Å²) in [6.45, 7) is 3.64. The van der Waals surface area contributed by atoms with Gasteiger partial charge in [0, 0.05) is 19.5 Å². The molecule has 10 heteroatoms. The van der Waals surface area contributed by atoms with Crippen LogP contribution in [0.15, 0.2) is 108 Å². The first-order valence-electron chi connectivity index (χ1n) is 14.7. The van der Waals surface area contributed by atoms with Gasteiger partial charge >= 0.3 is 0 Å². The smallest absolute Gasteiger partial charge is 0.264 e. The first-order chi connectivity index (χ1) is 21.6. The Balaban J connectivity index is 1.80. The lowest BCUT2D eigenvalue weighted by atomic mass is 10.0. The minimum atomic E-state index is -4.32. The van der Waals surface area contributed by atoms with E-state index in [1.54, 1.807) is 42.5 Å². The number of amides is 2. The first kappa shape index (κ1) is 33.2. The zero-order chi connectivity index (χ0) is 32.4. The summed E-state index contributed by atoms with van der Waals surface area (Å²) in [5.74, 6) is -0.940. The van der Waals surface area contributed by atoms with Gasteiger partial charge in [0.1, 0.15) is 24.2 Å². The van der Waals surface area contributed by atoms with Gasteiger partial charge in [-0.3, -0.25) is 13.9 Å². The Kier molecular flexibility index (Phi) is 11.3. The Morgan fingerprint density at radius 2 is 1.56 bits per heavy atom. The molecule has 1 atom stereocenters. The van der Waals surface area contributed by atoms with Gasteiger partial charge in [-0.25, -0.2) is 12.8 Å². The van der Waals surface area contributed by atoms with E-state index in [1.807, 2.05) is 50.2 Å². The van der Waals surface area contributed by atoms with Gasteiger partial charge in [-0.05, 0) is 73.0 Å². The number of rotatable bonds is 14. The van der Waals surface area contributed by atoms with Crippen molar-refractivity contribution in [3.05, 3.63) is 126 Å². The number of carbonyl (C=O) groups is 2. The second-order valence-corrected chi connectivity index (χ2v) is 12.5. The lowest BCUT2D eigenvalue weighted by Gasteiger charge is -2.34. The molecule has 2 amide bonds. The number of anilines is 1. The van der Waals surface area contributed by atoms with Crippen molar-refractivity contribution in [1.82, 2.24) is 10.2 Å². The molecular weight excluding hydrogens is 593 g/mol. The molecule has 0 aliphatic rings. The molecule has 0 spiro atoms. The maximum absolute atomic E-state index is 14.4. The van der Waals surface area contributed by atoms with Crippen molar-refractivity contribution >= 4 is 27.5 Å². The summed E-state index contributed by atoms with van der Waals surface area (Å²) in [6.07, 6.45) is 0.909. The summed E-state index contributed by atoms with van der Waals surface area (Å²) in [5.41, 5.74) is 2.70. The molecule has 0 unspecified atom stereocenters. The second-order valence-electron chi connectivity index (χ2n) is 10.7. The van der Waals surface area contributed by atoms with E-state index < -0.39 is 34.3 Å². The van der Waals surface area contributed by atoms with Gasteiger partial charge in [-0.1, -0.05) is 67.1 Å². The Labute approximate surface area is 264 Å². The Morgan fingerprint density at radius 3 is 2.20 bits per heavy atom. The van der Waals surface area contributed by atoms with E-state index >= 15 is 0 Å². The van der Waals surface area contributed by atoms with Crippen LogP contribution in [0.25, 0.3) is 0 Å². The van der Waals surface area contributed by atoms with Crippen LogP contribution in [0.1, 0.15) is 30.0 Å². The van der Waals surface area contributed by atoms with Crippen molar-refractivity contribution in [3.8, 4) is 5.75 Å². The number of sulfonamides is 1. The van der Waals surface area contributed by atoms with Gasteiger partial charge in [0.25, 0.3) is 10.0 Å². The second kappa shape index (κ2) is 15.3. The summed E-state index contributed by atoms with van der Waals surface area (Å²) in [6, 6.07) is 26.7. The van der Waals surface area contributed by atoms with E-state index in [0.29, 0.717) is 24.3 Å². The lowest BCUT2D eigenvalue weighted by Crippen LogP contribution is -2.53. The maximum Gasteiger partial charge on any atom is 0.264 e. The molecular formula is C35H38FN3O5S. The van der Waals surface area contributed by atoms with Gasteiger partial charge in [0.05, 0.1) is 17.7 Å². The van der Waals surface area contributed by atoms with Gasteiger partial charge in [-0.2, -0.15) is 0 Å². The fraction of sp³-hybridized carbons (Fsp3) is 0.257. The summed E-state index contributed by atoms with van der Waals surface area (Å²) >= 11 is 0. The first-order valence-corrected chi connectivity index (χ1v) is 16.2. The summed E-state index contributed by atoms with van der Waals surface area (Å²) in [7, 11) is -2.78. The van der Waals surface area contributed by atoms with Crippen molar-refractivity contribution in [2.75, 3.05) is 24.5 Å². The summed E-state index contributed by atoms with van der Waals surface area (Å²) in [4.78, 5) is 29.4. The van der Waals surface area contributed by atoms with Crippen molar-refractivity contribution in [2.24, 2.45) is 0 Å². The number of halogens is 1. The average Bonchev–Trinajstić information content (AvgIpc) is 3.05. The highest BCUT2D eigenvalue weighted by molar-refractivity contribution is 7.92. The van der Waals surface area contributed by atoms with Gasteiger partial charge in [-0.15, -0.1) is 0 Å². The maximum atomic E-state index is 14.4. The third-order valence-corrected chi connectivity index (χ3v) is 9.10. The molecule has 0 aliphatic carbocycles. The minimum absolute atomic E-state index is 0.0193. The molecule has 236 valence electrons. The number of nitrogens with one attached hydrogen (secondary N) is 1. The lowest BCUT2D eigenvalue weighted by molar-refractivity contribution is -0.140. The third-order valence-electron chi connectivity index (χ3n) is 7.31. The van der Waals surface area contributed by atoms with Crippen LogP contribution < -0.4 is 14.4 Å². The number of ether oxygens (including phenoxy) is 1. The molecule has 0 heterocycles. The quantitative estimate of drug-likeness (QED) is 0.198. The molecule has 4 aromatic carbocycles. The van der Waals surface area contributed by atoms with Crippen LogP contribution in [0.5, 0.6) is 5.75 Å². The van der Waals surface area contributed by atoms with E-state index in [1.165, 1.54) is 24.1 Å². The van der Waals surface area contributed by atoms with E-state index in [0.717, 1.165) is 27.6 Å². The number of methoxy groups -OCH3 is 1. The predicted octanol–water partition coefficient (Wildman–Crippen LogP) is 5.50. The van der Waals surface area contributed by atoms with Crippen molar-refractivity contribution in [2.45, 2.75) is 44.2 Å². The third kappa shape index (κ3) is 8.69. The predicted molar refractivity (Wildman–Crippen MR) is 173 cm³/mol. The van der Waals surface area contributed by atoms with Crippen LogP contribution >= 0.6 is 0 Å². The number of carbonyl (C=O) groups excluding carboxylic acids is 2. The number of hydrogen-bond acceptors (Lipinski definition) is 5. The SMILES string of the molecule is CCCNC(=O)[C@H](Cc1ccccc1)N(Cc1cccc(OC)c1)C(=O)CN(c1ccc(C)cc1)S(=O)(=O)c1ccc(F)cc1. The van der Waals surface area contributed by atoms with Crippen LogP contribution in [0, 0.1) is 12.7 Å². The molecule has 0 radical (unpaired) electrons. The topological polar surface area (TPSA) is 96.0 Å².